The third kappa shape index (κ3) is 3.20. The number of pyridine rings is 1. The van der Waals surface area contributed by atoms with E-state index >= 15 is 0 Å². The highest BCUT2D eigenvalue weighted by molar-refractivity contribution is 5.56. The molecule has 2 N–H and O–H groups in total. The van der Waals surface area contributed by atoms with E-state index in [-0.39, 0.29) is 5.41 Å². The maximum Gasteiger partial charge on any atom is 0.219 e. The summed E-state index contributed by atoms with van der Waals surface area (Å²) in [6.45, 7) is 6.44. The van der Waals surface area contributed by atoms with E-state index in [0.717, 1.165) is 0 Å². The number of nitrogens with zero attached hydrogens (tertiary/aromatic N) is 1. The number of anilines is 1. The standard InChI is InChI=1S/C16H20N2O2/c1-16(2,3)11-5-8-15(18-10-11)20-12-6-7-14(19-4)13(17)9-12/h5-10H,17H2,1-4H3. The van der Waals surface area contributed by atoms with E-state index in [4.69, 9.17) is 15.2 Å². The zero-order valence-corrected chi connectivity index (χ0v) is 12.3. The number of ether oxygens (including phenoxy) is 2. The Bertz CT molecular complexity index is 586. The highest BCUT2D eigenvalue weighted by Gasteiger charge is 2.14. The molecule has 4 nitrogen and oxygen atoms in total. The molecule has 1 heterocycles. The summed E-state index contributed by atoms with van der Waals surface area (Å²) in [6, 6.07) is 9.18. The first-order valence-corrected chi connectivity index (χ1v) is 6.48. The van der Waals surface area contributed by atoms with Crippen LogP contribution in [-0.2, 0) is 5.41 Å². The van der Waals surface area contributed by atoms with Crippen LogP contribution >= 0.6 is 0 Å². The van der Waals surface area contributed by atoms with E-state index in [1.807, 2.05) is 18.3 Å². The molecule has 0 aliphatic carbocycles. The molecule has 0 bridgehead atoms. The average molecular weight is 272 g/mol. The monoisotopic (exact) mass is 272 g/mol. The number of hydrogen-bond acceptors (Lipinski definition) is 4. The van der Waals surface area contributed by atoms with Gasteiger partial charge < -0.3 is 15.2 Å². The quantitative estimate of drug-likeness (QED) is 0.864. The Balaban J connectivity index is 2.16. The van der Waals surface area contributed by atoms with Crippen LogP contribution in [-0.4, -0.2) is 12.1 Å². The number of methoxy groups -OCH3 is 1. The van der Waals surface area contributed by atoms with Crippen molar-refractivity contribution < 1.29 is 9.47 Å². The van der Waals surface area contributed by atoms with Gasteiger partial charge in [-0.2, -0.15) is 0 Å². The Kier molecular flexibility index (Phi) is 3.84. The summed E-state index contributed by atoms with van der Waals surface area (Å²) in [5.74, 6) is 1.82. The van der Waals surface area contributed by atoms with Crippen molar-refractivity contribution in [1.29, 1.82) is 0 Å². The van der Waals surface area contributed by atoms with E-state index < -0.39 is 0 Å². The Morgan fingerprint density at radius 1 is 1.10 bits per heavy atom. The normalized spacial score (nSPS) is 11.2. The molecule has 0 unspecified atom stereocenters. The van der Waals surface area contributed by atoms with Crippen LogP contribution in [0.4, 0.5) is 5.69 Å². The van der Waals surface area contributed by atoms with Gasteiger partial charge in [0.25, 0.3) is 0 Å². The van der Waals surface area contributed by atoms with E-state index in [2.05, 4.69) is 25.8 Å². The molecule has 0 spiro atoms. The third-order valence-electron chi connectivity index (χ3n) is 3.03. The largest absolute Gasteiger partial charge is 0.495 e. The van der Waals surface area contributed by atoms with Gasteiger partial charge in [0.15, 0.2) is 0 Å². The molecule has 0 saturated carbocycles. The lowest BCUT2D eigenvalue weighted by Gasteiger charge is -2.18. The molecule has 2 rings (SSSR count). The van der Waals surface area contributed by atoms with Crippen LogP contribution in [0.25, 0.3) is 0 Å². The first kappa shape index (κ1) is 14.2. The molecule has 0 saturated heterocycles. The Morgan fingerprint density at radius 2 is 1.85 bits per heavy atom. The summed E-state index contributed by atoms with van der Waals surface area (Å²) >= 11 is 0. The van der Waals surface area contributed by atoms with Gasteiger partial charge in [-0.25, -0.2) is 4.98 Å². The Morgan fingerprint density at radius 3 is 2.35 bits per heavy atom. The minimum absolute atomic E-state index is 0.0794. The van der Waals surface area contributed by atoms with Crippen molar-refractivity contribution in [1.82, 2.24) is 4.98 Å². The van der Waals surface area contributed by atoms with Crippen molar-refractivity contribution in [2.75, 3.05) is 12.8 Å². The van der Waals surface area contributed by atoms with Gasteiger partial charge >= 0.3 is 0 Å². The van der Waals surface area contributed by atoms with Crippen molar-refractivity contribution in [3.05, 3.63) is 42.1 Å². The summed E-state index contributed by atoms with van der Waals surface area (Å²) in [6.07, 6.45) is 1.84. The van der Waals surface area contributed by atoms with Gasteiger partial charge in [-0.3, -0.25) is 0 Å². The highest BCUT2D eigenvalue weighted by Crippen LogP contribution is 2.29. The lowest BCUT2D eigenvalue weighted by molar-refractivity contribution is 0.414. The van der Waals surface area contributed by atoms with Crippen LogP contribution in [0.1, 0.15) is 26.3 Å². The molecular weight excluding hydrogens is 252 g/mol. The van der Waals surface area contributed by atoms with Crippen molar-refractivity contribution in [2.45, 2.75) is 26.2 Å². The molecule has 1 aromatic carbocycles. The molecule has 4 heteroatoms. The van der Waals surface area contributed by atoms with Gasteiger partial charge in [0.1, 0.15) is 11.5 Å². The summed E-state index contributed by atoms with van der Waals surface area (Å²) in [7, 11) is 1.58. The number of benzene rings is 1. The number of rotatable bonds is 3. The fourth-order valence-corrected chi connectivity index (χ4v) is 1.78. The summed E-state index contributed by atoms with van der Waals surface area (Å²) in [5, 5.41) is 0. The summed E-state index contributed by atoms with van der Waals surface area (Å²) < 4.78 is 10.8. The molecular formula is C16H20N2O2. The molecule has 0 amide bonds. The van der Waals surface area contributed by atoms with Crippen LogP contribution in [0.15, 0.2) is 36.5 Å². The van der Waals surface area contributed by atoms with Gasteiger partial charge in [0, 0.05) is 18.3 Å². The van der Waals surface area contributed by atoms with Crippen LogP contribution in [0.5, 0.6) is 17.4 Å². The van der Waals surface area contributed by atoms with Gasteiger partial charge in [-0.05, 0) is 23.1 Å². The second-order valence-electron chi connectivity index (χ2n) is 5.64. The lowest BCUT2D eigenvalue weighted by atomic mass is 9.88. The fraction of sp³-hybridized carbons (Fsp3) is 0.312. The number of aromatic nitrogens is 1. The zero-order chi connectivity index (χ0) is 14.8. The number of hydrogen-bond donors (Lipinski definition) is 1. The molecule has 0 radical (unpaired) electrons. The lowest BCUT2D eigenvalue weighted by Crippen LogP contribution is -2.11. The van der Waals surface area contributed by atoms with Crippen molar-refractivity contribution in [3.63, 3.8) is 0 Å². The predicted octanol–water partition coefficient (Wildman–Crippen LogP) is 3.76. The second-order valence-corrected chi connectivity index (χ2v) is 5.64. The Labute approximate surface area is 119 Å². The van der Waals surface area contributed by atoms with Crippen molar-refractivity contribution in [2.24, 2.45) is 0 Å². The number of nitrogens with two attached hydrogens (primary N) is 1. The molecule has 2 aromatic rings. The minimum Gasteiger partial charge on any atom is -0.495 e. The first-order chi connectivity index (χ1) is 9.40. The minimum atomic E-state index is 0.0794. The predicted molar refractivity (Wildman–Crippen MR) is 80.4 cm³/mol. The van der Waals surface area contributed by atoms with Crippen molar-refractivity contribution >= 4 is 5.69 Å². The molecule has 0 aliphatic rings. The second kappa shape index (κ2) is 5.41. The van der Waals surface area contributed by atoms with Gasteiger partial charge in [0.2, 0.25) is 5.88 Å². The van der Waals surface area contributed by atoms with E-state index in [0.29, 0.717) is 23.1 Å². The third-order valence-corrected chi connectivity index (χ3v) is 3.03. The van der Waals surface area contributed by atoms with Gasteiger partial charge in [-0.15, -0.1) is 0 Å². The summed E-state index contributed by atoms with van der Waals surface area (Å²) in [5.41, 5.74) is 7.62. The maximum absolute atomic E-state index is 5.84. The smallest absolute Gasteiger partial charge is 0.219 e. The van der Waals surface area contributed by atoms with Gasteiger partial charge in [0.05, 0.1) is 12.8 Å². The average Bonchev–Trinajstić information content (AvgIpc) is 2.38. The topological polar surface area (TPSA) is 57.4 Å². The van der Waals surface area contributed by atoms with E-state index in [9.17, 15) is 0 Å². The van der Waals surface area contributed by atoms with Crippen LogP contribution < -0.4 is 15.2 Å². The van der Waals surface area contributed by atoms with Gasteiger partial charge in [-0.1, -0.05) is 26.8 Å². The zero-order valence-electron chi connectivity index (χ0n) is 12.3. The molecule has 1 aromatic heterocycles. The summed E-state index contributed by atoms with van der Waals surface area (Å²) in [4.78, 5) is 4.32. The molecule has 0 atom stereocenters. The SMILES string of the molecule is COc1ccc(Oc2ccc(C(C)(C)C)cn2)cc1N. The molecule has 0 aliphatic heterocycles. The molecule has 20 heavy (non-hydrogen) atoms. The molecule has 106 valence electrons. The fourth-order valence-electron chi connectivity index (χ4n) is 1.78. The molecule has 0 fully saturated rings. The van der Waals surface area contributed by atoms with E-state index in [1.54, 1.807) is 25.3 Å². The van der Waals surface area contributed by atoms with Crippen molar-refractivity contribution in [3.8, 4) is 17.4 Å². The number of nitrogen functional groups attached to an aromatic ring is 1. The van der Waals surface area contributed by atoms with Crippen LogP contribution in [0.2, 0.25) is 0 Å². The van der Waals surface area contributed by atoms with Crippen LogP contribution in [0.3, 0.4) is 0 Å². The Hall–Kier alpha value is -2.23. The maximum atomic E-state index is 5.84. The van der Waals surface area contributed by atoms with E-state index in [1.165, 1.54) is 5.56 Å². The van der Waals surface area contributed by atoms with Crippen LogP contribution in [0, 0.1) is 0 Å². The first-order valence-electron chi connectivity index (χ1n) is 6.48. The highest BCUT2D eigenvalue weighted by atomic mass is 16.5.